The Hall–Kier alpha value is -1.31. The van der Waals surface area contributed by atoms with Crippen LogP contribution in [0, 0.1) is 11.8 Å². The van der Waals surface area contributed by atoms with Crippen LogP contribution in [0.25, 0.3) is 0 Å². The number of amides is 1. The molecular formula is C20H25ClHgN3O. The van der Waals surface area contributed by atoms with Crippen LogP contribution < -0.4 is 0 Å². The van der Waals surface area contributed by atoms with E-state index in [4.69, 9.17) is 11.6 Å². The van der Waals surface area contributed by atoms with E-state index in [1.165, 1.54) is 6.42 Å². The first kappa shape index (κ1) is 22.7. The molecule has 1 amide bonds. The summed E-state index contributed by atoms with van der Waals surface area (Å²) in [5, 5.41) is 0.700. The molecule has 1 aromatic carbocycles. The summed E-state index contributed by atoms with van der Waals surface area (Å²) < 4.78 is 1.85. The van der Waals surface area contributed by atoms with Gasteiger partial charge in [-0.1, -0.05) is 30.2 Å². The second kappa shape index (κ2) is 12.1. The summed E-state index contributed by atoms with van der Waals surface area (Å²) in [6, 6.07) is 7.53. The molecule has 0 bridgehead atoms. The fraction of sp³-hybridized carbons (Fsp3) is 0.400. The second-order valence-electron chi connectivity index (χ2n) is 5.83. The minimum atomic E-state index is 0.214. The van der Waals surface area contributed by atoms with E-state index in [1.54, 1.807) is 6.92 Å². The third kappa shape index (κ3) is 7.93. The number of likely N-dealkylation sites (tertiary alicyclic amines) is 1. The molecule has 6 heteroatoms. The van der Waals surface area contributed by atoms with Crippen molar-refractivity contribution in [1.82, 2.24) is 7.56 Å². The molecule has 0 N–H and O–H groups in total. The van der Waals surface area contributed by atoms with Gasteiger partial charge in [-0.25, -0.2) is 0 Å². The SMILES string of the molecule is C=C(C#Cc1cccc(Cl)c1)N1CCCCC1=NC.CC[N]([Hg])C(C)=O. The third-order valence-corrected chi connectivity index (χ3v) is 7.64. The fourth-order valence-electron chi connectivity index (χ4n) is 2.34. The van der Waals surface area contributed by atoms with Gasteiger partial charge in [0.15, 0.2) is 0 Å². The topological polar surface area (TPSA) is 35.9 Å². The van der Waals surface area contributed by atoms with Gasteiger partial charge in [-0.3, -0.25) is 4.99 Å². The van der Waals surface area contributed by atoms with E-state index in [2.05, 4.69) is 28.3 Å². The molecule has 2 rings (SSSR count). The molecule has 1 aromatic rings. The first-order valence-electron chi connectivity index (χ1n) is 8.67. The summed E-state index contributed by atoms with van der Waals surface area (Å²) in [5.41, 5.74) is 1.71. The van der Waals surface area contributed by atoms with Gasteiger partial charge in [-0.05, 0) is 37.0 Å². The minimum absolute atomic E-state index is 0.214. The molecule has 1 saturated heterocycles. The number of benzene rings is 1. The molecule has 1 aliphatic rings. The van der Waals surface area contributed by atoms with Gasteiger partial charge in [0.25, 0.3) is 0 Å². The molecule has 1 heterocycles. The van der Waals surface area contributed by atoms with Crippen molar-refractivity contribution in [3.63, 3.8) is 0 Å². The molecule has 0 aliphatic carbocycles. The van der Waals surface area contributed by atoms with E-state index < -0.39 is 0 Å². The number of carbonyl (C=O) groups excluding carboxylic acids is 1. The van der Waals surface area contributed by atoms with Crippen molar-refractivity contribution in [3.05, 3.63) is 47.1 Å². The number of aliphatic imine (C=N–C) groups is 1. The van der Waals surface area contributed by atoms with Gasteiger partial charge < -0.3 is 4.90 Å². The average molecular weight is 559 g/mol. The van der Waals surface area contributed by atoms with Crippen LogP contribution in [-0.2, 0) is 31.2 Å². The fourth-order valence-corrected chi connectivity index (χ4v) is 2.53. The molecule has 0 unspecified atom stereocenters. The first-order chi connectivity index (χ1) is 12.4. The number of hydrogen-bond donors (Lipinski definition) is 0. The van der Waals surface area contributed by atoms with E-state index in [-0.39, 0.29) is 5.91 Å². The van der Waals surface area contributed by atoms with Crippen LogP contribution in [0.15, 0.2) is 41.5 Å². The van der Waals surface area contributed by atoms with Crippen LogP contribution in [-0.4, -0.2) is 39.4 Å². The maximum atomic E-state index is 10.3. The number of piperidine rings is 1. The first-order valence-corrected chi connectivity index (χ1v) is 11.5. The predicted molar refractivity (Wildman–Crippen MR) is 104 cm³/mol. The zero-order valence-electron chi connectivity index (χ0n) is 15.9. The molecule has 1 fully saturated rings. The Morgan fingerprint density at radius 1 is 1.46 bits per heavy atom. The van der Waals surface area contributed by atoms with Crippen molar-refractivity contribution >= 4 is 23.3 Å². The van der Waals surface area contributed by atoms with Crippen molar-refractivity contribution in [3.8, 4) is 11.8 Å². The van der Waals surface area contributed by atoms with Crippen molar-refractivity contribution in [2.75, 3.05) is 20.1 Å². The summed E-state index contributed by atoms with van der Waals surface area (Å²) in [4.78, 5) is 16.8. The van der Waals surface area contributed by atoms with Crippen molar-refractivity contribution < 1.29 is 31.2 Å². The normalized spacial score (nSPS) is 14.7. The Bertz CT molecular complexity index is 721. The van der Waals surface area contributed by atoms with Crippen molar-refractivity contribution in [2.24, 2.45) is 4.99 Å². The standard InChI is InChI=1S/C16H17ClN2.C4H9NO.Hg/c1-13(19-11-4-3-8-16(19)18-2)9-10-14-6-5-7-15(17)12-14;1-3-5-4(2)6;/h5-7,12H,1,3-4,8,11H2,2H3;3H2,1-2H3,(H,5,6);/q;;+1/p-1. The van der Waals surface area contributed by atoms with E-state index in [1.807, 2.05) is 40.9 Å². The monoisotopic (exact) mass is 560 g/mol. The molecule has 4 nitrogen and oxygen atoms in total. The Kier molecular flexibility index (Phi) is 10.6. The zero-order valence-corrected chi connectivity index (χ0v) is 22.1. The molecule has 0 aromatic heterocycles. The quantitative estimate of drug-likeness (QED) is 0.406. The van der Waals surface area contributed by atoms with Crippen molar-refractivity contribution in [1.29, 1.82) is 0 Å². The van der Waals surface area contributed by atoms with Gasteiger partial charge in [0.1, 0.15) is 5.84 Å². The van der Waals surface area contributed by atoms with Crippen LogP contribution in [0.3, 0.4) is 0 Å². The summed E-state index contributed by atoms with van der Waals surface area (Å²) in [6.07, 6.45) is 3.36. The molecule has 26 heavy (non-hydrogen) atoms. The molecular weight excluding hydrogens is 534 g/mol. The molecule has 0 saturated carbocycles. The van der Waals surface area contributed by atoms with E-state index in [0.717, 1.165) is 43.0 Å². The number of amidine groups is 1. The van der Waals surface area contributed by atoms with E-state index in [0.29, 0.717) is 31.4 Å². The van der Waals surface area contributed by atoms with Gasteiger partial charge >= 0.3 is 60.2 Å². The Morgan fingerprint density at radius 2 is 2.19 bits per heavy atom. The Balaban J connectivity index is 0.000000412. The summed E-state index contributed by atoms with van der Waals surface area (Å²) >= 11 is 6.42. The molecule has 0 radical (unpaired) electrons. The number of hydrogen-bond acceptors (Lipinski definition) is 2. The number of rotatable bonds is 2. The molecule has 135 valence electrons. The van der Waals surface area contributed by atoms with Gasteiger partial charge in [0, 0.05) is 30.6 Å². The number of nitrogens with zero attached hydrogens (tertiary/aromatic N) is 3. The van der Waals surface area contributed by atoms with Crippen LogP contribution in [0.1, 0.15) is 38.7 Å². The van der Waals surface area contributed by atoms with Gasteiger partial charge in [-0.2, -0.15) is 0 Å². The number of carbonyl (C=O) groups is 1. The predicted octanol–water partition coefficient (Wildman–Crippen LogP) is 4.04. The van der Waals surface area contributed by atoms with Gasteiger partial charge in [-0.15, -0.1) is 0 Å². The number of halogens is 1. The average Bonchev–Trinajstić information content (AvgIpc) is 2.65. The van der Waals surface area contributed by atoms with Crippen LogP contribution in [0.2, 0.25) is 5.02 Å². The van der Waals surface area contributed by atoms with Crippen LogP contribution in [0.5, 0.6) is 0 Å². The number of allylic oxidation sites excluding steroid dienone is 1. The van der Waals surface area contributed by atoms with E-state index in [9.17, 15) is 4.79 Å². The summed E-state index contributed by atoms with van der Waals surface area (Å²) in [7, 11) is 1.82. The molecule has 0 spiro atoms. The van der Waals surface area contributed by atoms with Crippen LogP contribution >= 0.6 is 11.6 Å². The molecule has 0 atom stereocenters. The zero-order chi connectivity index (χ0) is 19.5. The Labute approximate surface area is 178 Å². The second-order valence-corrected chi connectivity index (χ2v) is 9.24. The maximum absolute atomic E-state index is 10.3. The Morgan fingerprint density at radius 3 is 2.73 bits per heavy atom. The third-order valence-electron chi connectivity index (χ3n) is 3.93. The summed E-state index contributed by atoms with van der Waals surface area (Å²) in [5.74, 6) is 7.49. The van der Waals surface area contributed by atoms with Gasteiger partial charge in [0.05, 0.1) is 5.70 Å². The van der Waals surface area contributed by atoms with Crippen molar-refractivity contribution in [2.45, 2.75) is 33.1 Å². The molecule has 1 aliphatic heterocycles. The van der Waals surface area contributed by atoms with E-state index >= 15 is 0 Å². The summed E-state index contributed by atoms with van der Waals surface area (Å²) in [6.45, 7) is 9.50. The van der Waals surface area contributed by atoms with Crippen LogP contribution in [0.4, 0.5) is 0 Å². The van der Waals surface area contributed by atoms with Gasteiger partial charge in [0.2, 0.25) is 0 Å².